The Morgan fingerprint density at radius 1 is 0.658 bits per heavy atom. The van der Waals surface area contributed by atoms with Crippen LogP contribution in [-0.4, -0.2) is 42.9 Å². The van der Waals surface area contributed by atoms with Gasteiger partial charge in [0.1, 0.15) is 0 Å². The molecule has 0 fully saturated rings. The molecule has 0 aliphatic heterocycles. The van der Waals surface area contributed by atoms with E-state index < -0.39 is 8.80 Å². The molecule has 0 spiro atoms. The summed E-state index contributed by atoms with van der Waals surface area (Å²) in [4.78, 5) is 6.87. The molecule has 4 rings (SSSR count). The maximum Gasteiger partial charge on any atom is 0.502 e. The van der Waals surface area contributed by atoms with Crippen molar-refractivity contribution in [1.29, 1.82) is 0 Å². The summed E-state index contributed by atoms with van der Waals surface area (Å²) >= 11 is 0. The van der Waals surface area contributed by atoms with E-state index in [1.165, 1.54) is 22.3 Å². The molecular weight excluding hydrogens is 488 g/mol. The largest absolute Gasteiger partial charge is 0.502 e. The maximum atomic E-state index is 5.48. The third-order valence-electron chi connectivity index (χ3n) is 6.85. The summed E-state index contributed by atoms with van der Waals surface area (Å²) in [6.07, 6.45) is 1.89. The molecule has 0 aliphatic carbocycles. The van der Waals surface area contributed by atoms with Crippen LogP contribution in [0.25, 0.3) is 11.1 Å². The minimum absolute atomic E-state index is 0.575. The molecular formula is C32H36N2O3Si. The minimum atomic E-state index is -2.61. The number of rotatable bonds is 11. The van der Waals surface area contributed by atoms with Gasteiger partial charge in [0.05, 0.1) is 0 Å². The molecule has 4 aromatic carbocycles. The second-order valence-electron chi connectivity index (χ2n) is 9.19. The number of hydrogen-bond donors (Lipinski definition) is 0. The third-order valence-corrected chi connectivity index (χ3v) is 9.56. The van der Waals surface area contributed by atoms with Crippen LogP contribution in [0.1, 0.15) is 16.7 Å². The fourth-order valence-corrected chi connectivity index (χ4v) is 5.90. The smallest absolute Gasteiger partial charge is 0.377 e. The predicted octanol–water partition coefficient (Wildman–Crippen LogP) is 7.74. The van der Waals surface area contributed by atoms with Crippen molar-refractivity contribution in [2.24, 2.45) is 4.99 Å². The maximum absolute atomic E-state index is 5.48. The SMILES string of the molecule is CO[Si](CCN=Cc1ccc(N(c2ccc(-c3ccccc3)cc2)c2ccc(C)c(C)c2)cc1)(OC)OC. The summed E-state index contributed by atoms with van der Waals surface area (Å²) < 4.78 is 16.4. The van der Waals surface area contributed by atoms with E-state index in [4.69, 9.17) is 13.3 Å². The Hall–Kier alpha value is -3.55. The van der Waals surface area contributed by atoms with Crippen molar-refractivity contribution < 1.29 is 13.3 Å². The Bertz CT molecular complexity index is 1330. The van der Waals surface area contributed by atoms with E-state index >= 15 is 0 Å². The Labute approximate surface area is 227 Å². The molecule has 5 nitrogen and oxygen atoms in total. The molecule has 0 heterocycles. The summed E-state index contributed by atoms with van der Waals surface area (Å²) in [7, 11) is 2.26. The van der Waals surface area contributed by atoms with Crippen LogP contribution in [0.15, 0.2) is 102 Å². The zero-order valence-electron chi connectivity index (χ0n) is 22.8. The van der Waals surface area contributed by atoms with Gasteiger partial charge in [-0.05, 0) is 78.1 Å². The summed E-state index contributed by atoms with van der Waals surface area (Å²) in [6.45, 7) is 4.88. The van der Waals surface area contributed by atoms with Crippen LogP contribution in [0.5, 0.6) is 0 Å². The number of nitrogens with zero attached hydrogens (tertiary/aromatic N) is 2. The zero-order chi connectivity index (χ0) is 27.0. The van der Waals surface area contributed by atoms with E-state index in [9.17, 15) is 0 Å². The van der Waals surface area contributed by atoms with Gasteiger partial charge in [0.15, 0.2) is 0 Å². The van der Waals surface area contributed by atoms with Gasteiger partial charge in [-0.2, -0.15) is 0 Å². The highest BCUT2D eigenvalue weighted by Gasteiger charge is 2.36. The number of benzene rings is 4. The van der Waals surface area contributed by atoms with Crippen molar-refractivity contribution in [3.05, 3.63) is 114 Å². The molecule has 6 heteroatoms. The molecule has 0 N–H and O–H groups in total. The van der Waals surface area contributed by atoms with Gasteiger partial charge in [0, 0.05) is 57.2 Å². The Kier molecular flexibility index (Phi) is 9.26. The molecule has 196 valence electrons. The fraction of sp³-hybridized carbons (Fsp3) is 0.219. The lowest BCUT2D eigenvalue weighted by atomic mass is 10.0. The molecule has 38 heavy (non-hydrogen) atoms. The number of aliphatic imine (C=N–C) groups is 1. The lowest BCUT2D eigenvalue weighted by Crippen LogP contribution is -2.43. The first-order chi connectivity index (χ1) is 18.5. The molecule has 0 saturated heterocycles. The molecule has 4 aromatic rings. The van der Waals surface area contributed by atoms with E-state index in [1.807, 2.05) is 12.3 Å². The van der Waals surface area contributed by atoms with Crippen LogP contribution < -0.4 is 4.90 Å². The lowest BCUT2D eigenvalue weighted by Gasteiger charge is -2.26. The molecule has 0 amide bonds. The van der Waals surface area contributed by atoms with Crippen LogP contribution in [0.2, 0.25) is 6.04 Å². The van der Waals surface area contributed by atoms with Crippen molar-refractivity contribution in [2.45, 2.75) is 19.9 Å². The lowest BCUT2D eigenvalue weighted by molar-refractivity contribution is 0.124. The van der Waals surface area contributed by atoms with E-state index in [0.717, 1.165) is 22.6 Å². The highest BCUT2D eigenvalue weighted by atomic mass is 28.4. The van der Waals surface area contributed by atoms with E-state index in [-0.39, 0.29) is 0 Å². The standard InChI is InChI=1S/C32H36N2O3Si/c1-25-11-16-32(23-26(25)2)34(31-19-14-29(15-20-31)28-9-7-6-8-10-28)30-17-12-27(13-18-30)24-33-21-22-38(35-3,36-4)37-5/h6-20,23-24H,21-22H2,1-5H3. The average molecular weight is 525 g/mol. The van der Waals surface area contributed by atoms with Crippen LogP contribution >= 0.6 is 0 Å². The second-order valence-corrected chi connectivity index (χ2v) is 12.3. The zero-order valence-corrected chi connectivity index (χ0v) is 23.8. The molecule has 0 radical (unpaired) electrons. The Morgan fingerprint density at radius 3 is 1.79 bits per heavy atom. The van der Waals surface area contributed by atoms with Gasteiger partial charge in [0.2, 0.25) is 0 Å². The van der Waals surface area contributed by atoms with Gasteiger partial charge in [-0.15, -0.1) is 0 Å². The monoisotopic (exact) mass is 524 g/mol. The van der Waals surface area contributed by atoms with Gasteiger partial charge in [-0.3, -0.25) is 4.99 Å². The first-order valence-electron chi connectivity index (χ1n) is 12.8. The number of aryl methyl sites for hydroxylation is 2. The van der Waals surface area contributed by atoms with E-state index in [2.05, 4.69) is 115 Å². The highest BCUT2D eigenvalue weighted by Crippen LogP contribution is 2.36. The molecule has 0 aromatic heterocycles. The third kappa shape index (κ3) is 6.47. The van der Waals surface area contributed by atoms with Gasteiger partial charge in [-0.25, -0.2) is 0 Å². The molecule has 0 saturated carbocycles. The van der Waals surface area contributed by atoms with Gasteiger partial charge in [0.25, 0.3) is 0 Å². The van der Waals surface area contributed by atoms with E-state index in [1.54, 1.807) is 21.3 Å². The van der Waals surface area contributed by atoms with Crippen molar-refractivity contribution in [2.75, 3.05) is 32.8 Å². The predicted molar refractivity (Wildman–Crippen MR) is 160 cm³/mol. The number of anilines is 3. The van der Waals surface area contributed by atoms with Crippen molar-refractivity contribution in [1.82, 2.24) is 0 Å². The van der Waals surface area contributed by atoms with Crippen LogP contribution in [0.4, 0.5) is 17.1 Å². The van der Waals surface area contributed by atoms with Gasteiger partial charge in [-0.1, -0.05) is 60.7 Å². The summed E-state index contributed by atoms with van der Waals surface area (Å²) in [5.74, 6) is 0. The minimum Gasteiger partial charge on any atom is -0.377 e. The second kappa shape index (κ2) is 12.8. The van der Waals surface area contributed by atoms with Crippen LogP contribution in [0.3, 0.4) is 0 Å². The average Bonchev–Trinajstić information content (AvgIpc) is 2.97. The van der Waals surface area contributed by atoms with Crippen molar-refractivity contribution in [3.8, 4) is 11.1 Å². The van der Waals surface area contributed by atoms with Crippen LogP contribution in [-0.2, 0) is 13.3 Å². The Morgan fingerprint density at radius 2 is 1.21 bits per heavy atom. The first-order valence-corrected chi connectivity index (χ1v) is 14.7. The summed E-state index contributed by atoms with van der Waals surface area (Å²) in [5, 5.41) is 0. The van der Waals surface area contributed by atoms with Crippen LogP contribution in [0, 0.1) is 13.8 Å². The molecule has 0 unspecified atom stereocenters. The molecule has 0 aliphatic rings. The van der Waals surface area contributed by atoms with Crippen molar-refractivity contribution in [3.63, 3.8) is 0 Å². The molecule has 0 bridgehead atoms. The van der Waals surface area contributed by atoms with E-state index in [0.29, 0.717) is 12.6 Å². The number of hydrogen-bond acceptors (Lipinski definition) is 5. The normalized spacial score (nSPS) is 11.7. The highest BCUT2D eigenvalue weighted by molar-refractivity contribution is 6.60. The summed E-state index contributed by atoms with van der Waals surface area (Å²) in [6, 6.07) is 34.9. The topological polar surface area (TPSA) is 43.3 Å². The molecule has 0 atom stereocenters. The Balaban J connectivity index is 1.59. The quantitative estimate of drug-likeness (QED) is 0.149. The van der Waals surface area contributed by atoms with Gasteiger partial charge >= 0.3 is 8.80 Å². The fourth-order valence-electron chi connectivity index (χ4n) is 4.38. The summed E-state index contributed by atoms with van der Waals surface area (Å²) in [5.41, 5.74) is 9.30. The first kappa shape index (κ1) is 27.5. The van der Waals surface area contributed by atoms with Gasteiger partial charge < -0.3 is 18.2 Å². The van der Waals surface area contributed by atoms with Crippen molar-refractivity contribution >= 4 is 32.1 Å².